The van der Waals surface area contributed by atoms with Crippen LogP contribution in [0.4, 0.5) is 5.69 Å². The first kappa shape index (κ1) is 23.0. The van der Waals surface area contributed by atoms with E-state index in [2.05, 4.69) is 0 Å². The number of benzene rings is 3. The van der Waals surface area contributed by atoms with Crippen molar-refractivity contribution in [2.75, 3.05) is 10.8 Å². The number of carbonyl (C=O) groups is 1. The fraction of sp³-hybridized carbons (Fsp3) is 0.208. The van der Waals surface area contributed by atoms with Crippen LogP contribution in [0.25, 0.3) is 0 Å². The van der Waals surface area contributed by atoms with Gasteiger partial charge in [-0.1, -0.05) is 79.2 Å². The van der Waals surface area contributed by atoms with Crippen LogP contribution in [-0.2, 0) is 24.2 Å². The lowest BCUT2D eigenvalue weighted by Crippen LogP contribution is -2.28. The smallest absolute Gasteiger partial charge is 0.164 e. The first-order chi connectivity index (χ1) is 15.0. The van der Waals surface area contributed by atoms with Crippen molar-refractivity contribution >= 4 is 34.2 Å². The molecule has 3 aromatic rings. The molecule has 3 rings (SSSR count). The van der Waals surface area contributed by atoms with Crippen LogP contribution < -0.4 is 9.64 Å². The van der Waals surface area contributed by atoms with Crippen molar-refractivity contribution < 1.29 is 18.3 Å². The first-order valence-electron chi connectivity index (χ1n) is 9.86. The van der Waals surface area contributed by atoms with E-state index in [0.717, 1.165) is 11.1 Å². The van der Waals surface area contributed by atoms with Gasteiger partial charge in [0.25, 0.3) is 0 Å². The number of rotatable bonds is 10. The van der Waals surface area contributed by atoms with Gasteiger partial charge in [0.2, 0.25) is 0 Å². The summed E-state index contributed by atoms with van der Waals surface area (Å²) in [6.07, 6.45) is 0.287. The van der Waals surface area contributed by atoms with E-state index < -0.39 is 11.1 Å². The van der Waals surface area contributed by atoms with Gasteiger partial charge in [0.15, 0.2) is 5.78 Å². The van der Waals surface area contributed by atoms with Crippen LogP contribution >= 0.6 is 11.6 Å². The second kappa shape index (κ2) is 11.1. The Bertz CT molecular complexity index is 1040. The molecule has 0 aromatic heterocycles. The Balaban J connectivity index is 2.04. The van der Waals surface area contributed by atoms with E-state index in [1.54, 1.807) is 24.0 Å². The summed E-state index contributed by atoms with van der Waals surface area (Å²) in [5.41, 5.74) is 2.61. The fourth-order valence-electron chi connectivity index (χ4n) is 3.22. The molecule has 31 heavy (non-hydrogen) atoms. The molecule has 162 valence electrons. The molecule has 0 aliphatic rings. The van der Waals surface area contributed by atoms with E-state index in [1.165, 1.54) is 0 Å². The third kappa shape index (κ3) is 6.17. The lowest BCUT2D eigenvalue weighted by molar-refractivity contribution is 0.0988. The van der Waals surface area contributed by atoms with Gasteiger partial charge >= 0.3 is 0 Å². The number of hydrogen-bond donors (Lipinski definition) is 0. The molecule has 0 heterocycles. The van der Waals surface area contributed by atoms with Crippen LogP contribution in [0, 0.1) is 0 Å². The van der Waals surface area contributed by atoms with E-state index in [1.807, 2.05) is 60.7 Å². The number of ether oxygens (including phenoxy) is 1. The molecule has 0 aliphatic heterocycles. The van der Waals surface area contributed by atoms with Crippen LogP contribution in [0.2, 0.25) is 5.02 Å². The largest absolute Gasteiger partial charge is 0.771 e. The number of Topliss-reactive ketones (excluding diaryl/α,β-unsaturated/α-hetero) is 1. The average molecular weight is 457 g/mol. The molecule has 7 heteroatoms. The van der Waals surface area contributed by atoms with Crippen LogP contribution in [0.15, 0.2) is 72.8 Å². The number of halogens is 1. The third-order valence-electron chi connectivity index (χ3n) is 4.73. The molecule has 0 bridgehead atoms. The summed E-state index contributed by atoms with van der Waals surface area (Å²) < 4.78 is 29.3. The van der Waals surface area contributed by atoms with Gasteiger partial charge in [-0.25, -0.2) is 0 Å². The Morgan fingerprint density at radius 3 is 2.19 bits per heavy atom. The summed E-state index contributed by atoms with van der Waals surface area (Å²) in [7, 11) is 0. The SMILES string of the molecule is CCC(=O)c1ccc(OCc2ccccc2)c(N(Cc2ccccc2)CS(=O)[O-])c1Cl. The highest BCUT2D eigenvalue weighted by molar-refractivity contribution is 7.79. The zero-order valence-corrected chi connectivity index (χ0v) is 18.7. The van der Waals surface area contributed by atoms with Crippen LogP contribution in [-0.4, -0.2) is 20.4 Å². The van der Waals surface area contributed by atoms with Gasteiger partial charge in [-0.15, -0.1) is 0 Å². The van der Waals surface area contributed by atoms with E-state index in [-0.39, 0.29) is 29.7 Å². The fourth-order valence-corrected chi connectivity index (χ4v) is 4.08. The summed E-state index contributed by atoms with van der Waals surface area (Å²) in [5, 5.41) is 0.193. The van der Waals surface area contributed by atoms with E-state index in [9.17, 15) is 13.6 Å². The number of nitrogens with zero attached hydrogens (tertiary/aromatic N) is 1. The van der Waals surface area contributed by atoms with Crippen LogP contribution in [0.3, 0.4) is 0 Å². The summed E-state index contributed by atoms with van der Waals surface area (Å²) in [6, 6.07) is 22.4. The zero-order chi connectivity index (χ0) is 22.2. The molecular weight excluding hydrogens is 434 g/mol. The zero-order valence-electron chi connectivity index (χ0n) is 17.1. The minimum Gasteiger partial charge on any atom is -0.771 e. The maximum atomic E-state index is 12.4. The Morgan fingerprint density at radius 1 is 1.00 bits per heavy atom. The summed E-state index contributed by atoms with van der Waals surface area (Å²) in [4.78, 5) is 14.0. The molecule has 0 saturated heterocycles. The molecule has 0 N–H and O–H groups in total. The van der Waals surface area contributed by atoms with Gasteiger partial charge in [-0.2, -0.15) is 0 Å². The molecule has 0 amide bonds. The van der Waals surface area contributed by atoms with Crippen LogP contribution in [0.1, 0.15) is 34.8 Å². The maximum Gasteiger partial charge on any atom is 0.164 e. The van der Waals surface area contributed by atoms with Crippen molar-refractivity contribution in [3.8, 4) is 5.75 Å². The second-order valence-corrected chi connectivity index (χ2v) is 8.18. The van der Waals surface area contributed by atoms with E-state index in [4.69, 9.17) is 16.3 Å². The molecule has 1 unspecified atom stereocenters. The molecule has 1 atom stereocenters. The lowest BCUT2D eigenvalue weighted by Gasteiger charge is -2.29. The van der Waals surface area contributed by atoms with Gasteiger partial charge < -0.3 is 14.2 Å². The van der Waals surface area contributed by atoms with E-state index in [0.29, 0.717) is 23.5 Å². The molecular formula is C24H23ClNO4S-. The van der Waals surface area contributed by atoms with Gasteiger partial charge in [0.1, 0.15) is 18.0 Å². The topological polar surface area (TPSA) is 69.7 Å². The quantitative estimate of drug-likeness (QED) is 0.303. The molecule has 0 fully saturated rings. The number of ketones is 1. The number of anilines is 1. The minimum absolute atomic E-state index is 0.122. The number of hydrogen-bond acceptors (Lipinski definition) is 5. The van der Waals surface area contributed by atoms with Crippen molar-refractivity contribution in [2.24, 2.45) is 0 Å². The Kier molecular flexibility index (Phi) is 8.23. The highest BCUT2D eigenvalue weighted by Crippen LogP contribution is 2.40. The van der Waals surface area contributed by atoms with Crippen molar-refractivity contribution in [1.82, 2.24) is 0 Å². The van der Waals surface area contributed by atoms with Crippen molar-refractivity contribution in [1.29, 1.82) is 0 Å². The monoisotopic (exact) mass is 456 g/mol. The van der Waals surface area contributed by atoms with Crippen molar-refractivity contribution in [3.63, 3.8) is 0 Å². The molecule has 0 saturated carbocycles. The normalized spacial score (nSPS) is 11.7. The third-order valence-corrected chi connectivity index (χ3v) is 5.64. The lowest BCUT2D eigenvalue weighted by atomic mass is 10.1. The maximum absolute atomic E-state index is 12.4. The van der Waals surface area contributed by atoms with Crippen molar-refractivity contribution in [3.05, 3.63) is 94.5 Å². The Hall–Kier alpha value is -2.67. The van der Waals surface area contributed by atoms with Crippen molar-refractivity contribution in [2.45, 2.75) is 26.5 Å². The van der Waals surface area contributed by atoms with Gasteiger partial charge in [0, 0.05) is 18.5 Å². The second-order valence-electron chi connectivity index (χ2n) is 6.94. The van der Waals surface area contributed by atoms with Gasteiger partial charge in [0.05, 0.1) is 10.9 Å². The number of carbonyl (C=O) groups excluding carboxylic acids is 1. The predicted octanol–water partition coefficient (Wildman–Crippen LogP) is 5.35. The predicted molar refractivity (Wildman–Crippen MR) is 123 cm³/mol. The van der Waals surface area contributed by atoms with Gasteiger partial charge in [-0.05, 0) is 34.3 Å². The standard InChI is InChI=1S/C24H24ClNO4S/c1-2-21(27)20-13-14-22(30-16-19-11-7-4-8-12-19)24(23(20)25)26(17-31(28)29)15-18-9-5-3-6-10-18/h3-14H,2,15-17H2,1H3,(H,28,29)/p-1. The van der Waals surface area contributed by atoms with E-state index >= 15 is 0 Å². The van der Waals surface area contributed by atoms with Gasteiger partial charge in [-0.3, -0.25) is 9.00 Å². The van der Waals surface area contributed by atoms with Crippen LogP contribution in [0.5, 0.6) is 5.75 Å². The Morgan fingerprint density at radius 2 is 1.61 bits per heavy atom. The summed E-state index contributed by atoms with van der Waals surface area (Å²) in [6.45, 7) is 2.33. The molecule has 5 nitrogen and oxygen atoms in total. The molecule has 0 spiro atoms. The molecule has 0 aliphatic carbocycles. The molecule has 3 aromatic carbocycles. The highest BCUT2D eigenvalue weighted by atomic mass is 35.5. The average Bonchev–Trinajstić information content (AvgIpc) is 2.78. The summed E-state index contributed by atoms with van der Waals surface area (Å²) >= 11 is 4.30. The first-order valence-corrected chi connectivity index (χ1v) is 11.5. The molecule has 0 radical (unpaired) electrons. The minimum atomic E-state index is -2.37. The Labute approximate surface area is 189 Å². The highest BCUT2D eigenvalue weighted by Gasteiger charge is 2.22. The summed E-state index contributed by atoms with van der Waals surface area (Å²) in [5.74, 6) is 0.00624.